The normalized spacial score (nSPS) is 35.3. The smallest absolute Gasteiger partial charge is 0.410 e. The predicted octanol–water partition coefficient (Wildman–Crippen LogP) is 1.76. The minimum absolute atomic E-state index is 0.0788. The molecule has 0 aromatic rings. The average molecular weight is 503 g/mol. The Hall–Kier alpha value is -2.07. The molecule has 10 nitrogen and oxygen atoms in total. The maximum absolute atomic E-state index is 13.1. The third-order valence-electron chi connectivity index (χ3n) is 9.61. The molecule has 5 fully saturated rings. The summed E-state index contributed by atoms with van der Waals surface area (Å²) in [6.45, 7) is 6.66. The Morgan fingerprint density at radius 3 is 2.28 bits per heavy atom. The molecule has 0 aromatic heterocycles. The molecule has 36 heavy (non-hydrogen) atoms. The summed E-state index contributed by atoms with van der Waals surface area (Å²) in [6, 6.07) is 0.629. The summed E-state index contributed by atoms with van der Waals surface area (Å²) in [4.78, 5) is 38.7. The molecule has 0 bridgehead atoms. The highest BCUT2D eigenvalue weighted by molar-refractivity contribution is 5.81. The van der Waals surface area contributed by atoms with Gasteiger partial charge in [0.25, 0.3) is 0 Å². The maximum Gasteiger partial charge on any atom is 0.410 e. The zero-order chi connectivity index (χ0) is 24.6. The van der Waals surface area contributed by atoms with E-state index in [1.807, 2.05) is 0 Å². The number of nitrogens with one attached hydrogen (secondary N) is 1. The van der Waals surface area contributed by atoms with Crippen molar-refractivity contribution in [1.82, 2.24) is 24.9 Å². The number of guanidine groups is 1. The second-order valence-corrected chi connectivity index (χ2v) is 11.6. The Kier molecular flexibility index (Phi) is 6.99. The number of fused-ring (bicyclic) bond motifs is 1. The summed E-state index contributed by atoms with van der Waals surface area (Å²) in [5.41, 5.74) is 0. The van der Waals surface area contributed by atoms with Gasteiger partial charge in [-0.15, -0.1) is 0 Å². The van der Waals surface area contributed by atoms with Crippen LogP contribution in [0.2, 0.25) is 0 Å². The number of nitrogens with zero attached hydrogens (tertiary/aromatic N) is 5. The highest BCUT2D eigenvalue weighted by Gasteiger charge is 2.52. The van der Waals surface area contributed by atoms with Crippen molar-refractivity contribution in [3.05, 3.63) is 0 Å². The lowest BCUT2D eigenvalue weighted by molar-refractivity contribution is -0.143. The van der Waals surface area contributed by atoms with Crippen LogP contribution in [0.4, 0.5) is 4.79 Å². The number of aliphatic imine (C=N–C) groups is 1. The first-order chi connectivity index (χ1) is 17.6. The first-order valence-corrected chi connectivity index (χ1v) is 14.3. The van der Waals surface area contributed by atoms with Crippen LogP contribution < -0.4 is 5.32 Å². The third kappa shape index (κ3) is 4.66. The number of piperidine rings is 2. The quantitative estimate of drug-likeness (QED) is 0.600. The molecule has 1 saturated carbocycles. The van der Waals surface area contributed by atoms with Crippen molar-refractivity contribution < 1.29 is 19.4 Å². The van der Waals surface area contributed by atoms with E-state index in [0.29, 0.717) is 19.0 Å². The fourth-order valence-electron chi connectivity index (χ4n) is 7.61. The Bertz CT molecular complexity index is 847. The molecule has 10 heteroatoms. The lowest BCUT2D eigenvalue weighted by Gasteiger charge is -2.45. The zero-order valence-corrected chi connectivity index (χ0v) is 21.4. The molecule has 1 amide bonds. The maximum atomic E-state index is 13.1. The molecule has 2 N–H and O–H groups in total. The van der Waals surface area contributed by atoms with Gasteiger partial charge in [0.1, 0.15) is 6.10 Å². The molecule has 0 spiro atoms. The largest absolute Gasteiger partial charge is 0.481 e. The summed E-state index contributed by atoms with van der Waals surface area (Å²) < 4.78 is 6.07. The number of carboxylic acid groups (broad SMARTS) is 1. The van der Waals surface area contributed by atoms with E-state index in [-0.39, 0.29) is 36.2 Å². The Labute approximate surface area is 214 Å². The minimum atomic E-state index is -0.677. The Morgan fingerprint density at radius 2 is 1.56 bits per heavy atom. The Balaban J connectivity index is 1.04. The summed E-state index contributed by atoms with van der Waals surface area (Å²) >= 11 is 0. The van der Waals surface area contributed by atoms with Gasteiger partial charge in [-0.3, -0.25) is 24.5 Å². The number of ether oxygens (including phenoxy) is 1. The van der Waals surface area contributed by atoms with E-state index in [2.05, 4.69) is 24.9 Å². The monoisotopic (exact) mass is 502 g/mol. The van der Waals surface area contributed by atoms with Gasteiger partial charge < -0.3 is 20.1 Å². The molecule has 200 valence electrons. The number of amides is 1. The van der Waals surface area contributed by atoms with Crippen LogP contribution in [-0.4, -0.2) is 119 Å². The number of carbonyl (C=O) groups excluding carboxylic acids is 1. The van der Waals surface area contributed by atoms with Gasteiger partial charge in [0, 0.05) is 51.2 Å². The predicted molar refractivity (Wildman–Crippen MR) is 135 cm³/mol. The average Bonchev–Trinajstić information content (AvgIpc) is 3.57. The van der Waals surface area contributed by atoms with Gasteiger partial charge >= 0.3 is 12.1 Å². The second kappa shape index (κ2) is 10.4. The molecule has 0 aromatic carbocycles. The lowest BCUT2D eigenvalue weighted by atomic mass is 9.84. The van der Waals surface area contributed by atoms with Gasteiger partial charge in [-0.05, 0) is 70.9 Å². The van der Waals surface area contributed by atoms with Gasteiger partial charge in [0.2, 0.25) is 0 Å². The van der Waals surface area contributed by atoms with Crippen molar-refractivity contribution in [3.8, 4) is 0 Å². The topological polar surface area (TPSA) is 101 Å². The number of carbonyl (C=O) groups is 2. The molecular formula is C26H42N6O4. The third-order valence-corrected chi connectivity index (χ3v) is 9.61. The fourth-order valence-corrected chi connectivity index (χ4v) is 7.61. The van der Waals surface area contributed by atoms with E-state index in [0.717, 1.165) is 90.3 Å². The van der Waals surface area contributed by atoms with Crippen LogP contribution in [0.5, 0.6) is 0 Å². The van der Waals surface area contributed by atoms with Gasteiger partial charge in [0.15, 0.2) is 5.96 Å². The van der Waals surface area contributed by atoms with Crippen molar-refractivity contribution in [2.75, 3.05) is 45.8 Å². The number of hydrogen-bond acceptors (Lipinski definition) is 8. The molecule has 5 heterocycles. The van der Waals surface area contributed by atoms with E-state index in [1.54, 1.807) is 0 Å². The molecule has 0 radical (unpaired) electrons. The summed E-state index contributed by atoms with van der Waals surface area (Å²) in [6.07, 6.45) is 10.2. The van der Waals surface area contributed by atoms with E-state index in [1.165, 1.54) is 12.8 Å². The van der Waals surface area contributed by atoms with Crippen LogP contribution in [0.25, 0.3) is 0 Å². The molecule has 6 aliphatic rings. The van der Waals surface area contributed by atoms with E-state index in [4.69, 9.17) is 9.73 Å². The van der Waals surface area contributed by atoms with Crippen LogP contribution in [0.1, 0.15) is 64.2 Å². The molecule has 1 aliphatic carbocycles. The van der Waals surface area contributed by atoms with Gasteiger partial charge in [-0.1, -0.05) is 0 Å². The molecule has 5 aliphatic heterocycles. The molecule has 6 rings (SSSR count). The molecule has 4 saturated heterocycles. The first kappa shape index (κ1) is 24.3. The fraction of sp³-hybridized carbons (Fsp3) is 0.885. The van der Waals surface area contributed by atoms with Crippen molar-refractivity contribution >= 4 is 18.0 Å². The van der Waals surface area contributed by atoms with Crippen molar-refractivity contribution in [1.29, 1.82) is 0 Å². The van der Waals surface area contributed by atoms with Crippen molar-refractivity contribution in [2.45, 2.75) is 94.6 Å². The standard InChI is InChI=1S/C26H42N6O4/c33-24(34)18-7-14-29(15-8-18)20-4-3-5-21-23(20)36-26(35)32(21)19-9-16-30(17-10-19)22-6-11-27-25(28-22)31-12-1-2-13-31/h18-23H,1-17H2,(H,27,28)(H,33,34). The number of likely N-dealkylation sites (tertiary alicyclic amines) is 3. The van der Waals surface area contributed by atoms with Crippen LogP contribution in [-0.2, 0) is 9.53 Å². The highest BCUT2D eigenvalue weighted by Crippen LogP contribution is 2.38. The lowest BCUT2D eigenvalue weighted by Crippen LogP contribution is -2.59. The molecule has 4 atom stereocenters. The van der Waals surface area contributed by atoms with Gasteiger partial charge in [-0.25, -0.2) is 4.79 Å². The number of carboxylic acids is 1. The van der Waals surface area contributed by atoms with E-state index < -0.39 is 5.97 Å². The molecular weight excluding hydrogens is 460 g/mol. The number of hydrogen-bond donors (Lipinski definition) is 2. The van der Waals surface area contributed by atoms with Crippen LogP contribution in [0.15, 0.2) is 4.99 Å². The van der Waals surface area contributed by atoms with Gasteiger partial charge in [0.05, 0.1) is 18.1 Å². The SMILES string of the molecule is O=C(O)C1CCN(C2CCCC3C2OC(=O)N3C2CCN(C3CCN=C(N4CCCC4)N3)CC2)CC1. The van der Waals surface area contributed by atoms with E-state index in [9.17, 15) is 14.7 Å². The van der Waals surface area contributed by atoms with Crippen molar-refractivity contribution in [3.63, 3.8) is 0 Å². The van der Waals surface area contributed by atoms with Gasteiger partial charge in [-0.2, -0.15) is 0 Å². The summed E-state index contributed by atoms with van der Waals surface area (Å²) in [7, 11) is 0. The number of rotatable bonds is 4. The minimum Gasteiger partial charge on any atom is -0.481 e. The van der Waals surface area contributed by atoms with E-state index >= 15 is 0 Å². The van der Waals surface area contributed by atoms with Crippen LogP contribution in [0.3, 0.4) is 0 Å². The first-order valence-electron chi connectivity index (χ1n) is 14.3. The number of aliphatic carboxylic acids is 1. The van der Waals surface area contributed by atoms with Crippen LogP contribution in [0, 0.1) is 5.92 Å². The Morgan fingerprint density at radius 1 is 0.861 bits per heavy atom. The zero-order valence-electron chi connectivity index (χ0n) is 21.4. The van der Waals surface area contributed by atoms with Crippen LogP contribution >= 0.6 is 0 Å². The summed E-state index contributed by atoms with van der Waals surface area (Å²) in [5.74, 6) is 0.172. The summed E-state index contributed by atoms with van der Waals surface area (Å²) in [5, 5.41) is 13.1. The highest BCUT2D eigenvalue weighted by atomic mass is 16.6. The second-order valence-electron chi connectivity index (χ2n) is 11.6. The molecule has 4 unspecified atom stereocenters. The van der Waals surface area contributed by atoms with Crippen molar-refractivity contribution in [2.24, 2.45) is 10.9 Å².